The van der Waals surface area contributed by atoms with Gasteiger partial charge in [-0.2, -0.15) is 0 Å². The Balaban J connectivity index is 2.96. The molecule has 1 amide bonds. The van der Waals surface area contributed by atoms with Crippen LogP contribution in [-0.4, -0.2) is 13.0 Å². The molecule has 0 heterocycles. The molecule has 0 unspecified atom stereocenters. The van der Waals surface area contributed by atoms with Crippen molar-refractivity contribution < 1.29 is 9.18 Å². The third kappa shape index (κ3) is 2.23. The highest BCUT2D eigenvalue weighted by atomic mass is 35.5. The lowest BCUT2D eigenvalue weighted by atomic mass is 10.2. The molecule has 1 aromatic carbocycles. The average molecular weight is 216 g/mol. The normalized spacial score (nSPS) is 10.0. The molecular formula is C10H11ClFNO. The Morgan fingerprint density at radius 3 is 2.71 bits per heavy atom. The second-order valence-electron chi connectivity index (χ2n) is 2.90. The van der Waals surface area contributed by atoms with Crippen molar-refractivity contribution in [1.29, 1.82) is 0 Å². The summed E-state index contributed by atoms with van der Waals surface area (Å²) in [6.07, 6.45) is 0.408. The number of amides is 1. The van der Waals surface area contributed by atoms with Gasteiger partial charge in [0, 0.05) is 19.2 Å². The number of rotatable bonds is 2. The van der Waals surface area contributed by atoms with Gasteiger partial charge in [-0.15, -0.1) is 0 Å². The van der Waals surface area contributed by atoms with Crippen molar-refractivity contribution in [3.8, 4) is 0 Å². The van der Waals surface area contributed by atoms with E-state index in [1.807, 2.05) is 0 Å². The number of hydrogen-bond acceptors (Lipinski definition) is 1. The standard InChI is InChI=1S/C10H11ClFNO/c1-3-10(14)13(2)7-4-5-9(12)8(11)6-7/h4-6H,3H2,1-2H3. The molecule has 0 aromatic heterocycles. The first-order chi connectivity index (χ1) is 6.56. The fourth-order valence-electron chi connectivity index (χ4n) is 1.07. The predicted molar refractivity (Wildman–Crippen MR) is 55.1 cm³/mol. The van der Waals surface area contributed by atoms with Crippen LogP contribution in [0.2, 0.25) is 5.02 Å². The predicted octanol–water partition coefficient (Wildman–Crippen LogP) is 2.85. The van der Waals surface area contributed by atoms with E-state index in [2.05, 4.69) is 0 Å². The molecule has 0 spiro atoms. The van der Waals surface area contributed by atoms with Gasteiger partial charge >= 0.3 is 0 Å². The molecule has 1 rings (SSSR count). The molecule has 0 fully saturated rings. The fraction of sp³-hybridized carbons (Fsp3) is 0.300. The number of benzene rings is 1. The molecule has 0 radical (unpaired) electrons. The molecule has 0 saturated heterocycles. The van der Waals surface area contributed by atoms with Gasteiger partial charge in [0.05, 0.1) is 5.02 Å². The number of carbonyl (C=O) groups excluding carboxylic acids is 1. The topological polar surface area (TPSA) is 20.3 Å². The van der Waals surface area contributed by atoms with Crippen LogP contribution in [0.1, 0.15) is 13.3 Å². The molecule has 14 heavy (non-hydrogen) atoms. The molecule has 0 bridgehead atoms. The van der Waals surface area contributed by atoms with Gasteiger partial charge in [-0.3, -0.25) is 4.79 Å². The molecule has 76 valence electrons. The minimum absolute atomic E-state index is 0.0262. The van der Waals surface area contributed by atoms with Crippen LogP contribution in [0.5, 0.6) is 0 Å². The SMILES string of the molecule is CCC(=O)N(C)c1ccc(F)c(Cl)c1. The van der Waals surface area contributed by atoms with E-state index in [-0.39, 0.29) is 10.9 Å². The lowest BCUT2D eigenvalue weighted by molar-refractivity contribution is -0.118. The summed E-state index contributed by atoms with van der Waals surface area (Å²) in [5, 5.41) is 0.0262. The Kier molecular flexibility index (Phi) is 3.47. The van der Waals surface area contributed by atoms with E-state index in [4.69, 9.17) is 11.6 Å². The zero-order valence-electron chi connectivity index (χ0n) is 8.05. The molecule has 0 saturated carbocycles. The Labute approximate surface area is 87.3 Å². The Hall–Kier alpha value is -1.09. The van der Waals surface area contributed by atoms with E-state index < -0.39 is 5.82 Å². The molecule has 4 heteroatoms. The summed E-state index contributed by atoms with van der Waals surface area (Å²) in [6, 6.07) is 4.20. The number of hydrogen-bond donors (Lipinski definition) is 0. The van der Waals surface area contributed by atoms with Gasteiger partial charge in [-0.25, -0.2) is 4.39 Å². The largest absolute Gasteiger partial charge is 0.315 e. The van der Waals surface area contributed by atoms with E-state index in [0.717, 1.165) is 0 Å². The zero-order valence-corrected chi connectivity index (χ0v) is 8.81. The van der Waals surface area contributed by atoms with Gasteiger partial charge in [0.2, 0.25) is 5.91 Å². The second-order valence-corrected chi connectivity index (χ2v) is 3.31. The van der Waals surface area contributed by atoms with Crippen LogP contribution >= 0.6 is 11.6 Å². The number of nitrogens with zero attached hydrogens (tertiary/aromatic N) is 1. The first kappa shape index (κ1) is 11.0. The van der Waals surface area contributed by atoms with Crippen molar-refractivity contribution in [2.75, 3.05) is 11.9 Å². The van der Waals surface area contributed by atoms with Crippen molar-refractivity contribution in [2.45, 2.75) is 13.3 Å². The van der Waals surface area contributed by atoms with E-state index >= 15 is 0 Å². The lowest BCUT2D eigenvalue weighted by Crippen LogP contribution is -2.24. The molecular weight excluding hydrogens is 205 g/mol. The fourth-order valence-corrected chi connectivity index (χ4v) is 1.25. The first-order valence-electron chi connectivity index (χ1n) is 4.28. The quantitative estimate of drug-likeness (QED) is 0.743. The Morgan fingerprint density at radius 1 is 1.57 bits per heavy atom. The van der Waals surface area contributed by atoms with Gasteiger partial charge in [-0.1, -0.05) is 18.5 Å². The maximum absolute atomic E-state index is 12.8. The van der Waals surface area contributed by atoms with Gasteiger partial charge in [-0.05, 0) is 18.2 Å². The highest BCUT2D eigenvalue weighted by Crippen LogP contribution is 2.22. The van der Waals surface area contributed by atoms with Crippen molar-refractivity contribution >= 4 is 23.2 Å². The maximum Gasteiger partial charge on any atom is 0.226 e. The lowest BCUT2D eigenvalue weighted by Gasteiger charge is -2.16. The van der Waals surface area contributed by atoms with Gasteiger partial charge in [0.1, 0.15) is 5.82 Å². The van der Waals surface area contributed by atoms with Gasteiger partial charge < -0.3 is 4.90 Å². The van der Waals surface area contributed by atoms with E-state index in [9.17, 15) is 9.18 Å². The minimum atomic E-state index is -0.479. The summed E-state index contributed by atoms with van der Waals surface area (Å²) in [5.74, 6) is -0.513. The minimum Gasteiger partial charge on any atom is -0.315 e. The van der Waals surface area contributed by atoms with E-state index in [0.29, 0.717) is 12.1 Å². The zero-order chi connectivity index (χ0) is 10.7. The molecule has 0 aliphatic carbocycles. The molecule has 0 aliphatic rings. The Morgan fingerprint density at radius 2 is 2.21 bits per heavy atom. The summed E-state index contributed by atoms with van der Waals surface area (Å²) >= 11 is 5.59. The molecule has 0 aliphatic heterocycles. The highest BCUT2D eigenvalue weighted by molar-refractivity contribution is 6.31. The third-order valence-corrected chi connectivity index (χ3v) is 2.26. The average Bonchev–Trinajstić information content (AvgIpc) is 2.20. The highest BCUT2D eigenvalue weighted by Gasteiger charge is 2.09. The smallest absolute Gasteiger partial charge is 0.226 e. The van der Waals surface area contributed by atoms with Crippen molar-refractivity contribution in [3.63, 3.8) is 0 Å². The molecule has 0 N–H and O–H groups in total. The Bertz CT molecular complexity index is 354. The molecule has 2 nitrogen and oxygen atoms in total. The van der Waals surface area contributed by atoms with Crippen molar-refractivity contribution in [3.05, 3.63) is 29.0 Å². The summed E-state index contributed by atoms with van der Waals surface area (Å²) in [6.45, 7) is 1.77. The monoisotopic (exact) mass is 215 g/mol. The van der Waals surface area contributed by atoms with Gasteiger partial charge in [0.15, 0.2) is 0 Å². The van der Waals surface area contributed by atoms with Crippen LogP contribution in [0.4, 0.5) is 10.1 Å². The van der Waals surface area contributed by atoms with Crippen LogP contribution in [0, 0.1) is 5.82 Å². The van der Waals surface area contributed by atoms with Crippen LogP contribution < -0.4 is 4.90 Å². The van der Waals surface area contributed by atoms with Gasteiger partial charge in [0.25, 0.3) is 0 Å². The number of carbonyl (C=O) groups is 1. The summed E-state index contributed by atoms with van der Waals surface area (Å²) < 4.78 is 12.8. The summed E-state index contributed by atoms with van der Waals surface area (Å²) in [5.41, 5.74) is 0.600. The molecule has 0 atom stereocenters. The van der Waals surface area contributed by atoms with E-state index in [1.54, 1.807) is 14.0 Å². The molecule has 1 aromatic rings. The van der Waals surface area contributed by atoms with Crippen molar-refractivity contribution in [2.24, 2.45) is 0 Å². The van der Waals surface area contributed by atoms with E-state index in [1.165, 1.54) is 23.1 Å². The van der Waals surface area contributed by atoms with Crippen LogP contribution in [0.25, 0.3) is 0 Å². The van der Waals surface area contributed by atoms with Crippen molar-refractivity contribution in [1.82, 2.24) is 0 Å². The van der Waals surface area contributed by atoms with Crippen LogP contribution in [0.15, 0.2) is 18.2 Å². The summed E-state index contributed by atoms with van der Waals surface area (Å²) in [4.78, 5) is 12.7. The maximum atomic E-state index is 12.8. The van der Waals surface area contributed by atoms with Crippen LogP contribution in [-0.2, 0) is 4.79 Å². The number of halogens is 2. The number of anilines is 1. The first-order valence-corrected chi connectivity index (χ1v) is 4.65. The second kappa shape index (κ2) is 4.42. The summed E-state index contributed by atoms with van der Waals surface area (Å²) in [7, 11) is 1.63. The van der Waals surface area contributed by atoms with Crippen LogP contribution in [0.3, 0.4) is 0 Å². The third-order valence-electron chi connectivity index (χ3n) is 1.97.